The molecule has 0 bridgehead atoms. The van der Waals surface area contributed by atoms with Gasteiger partial charge < -0.3 is 14.3 Å². The Morgan fingerprint density at radius 1 is 1.31 bits per heavy atom. The van der Waals surface area contributed by atoms with Crippen molar-refractivity contribution < 1.29 is 14.3 Å². The van der Waals surface area contributed by atoms with E-state index in [4.69, 9.17) is 4.74 Å². The lowest BCUT2D eigenvalue weighted by atomic mass is 9.95. The Balaban J connectivity index is 1.86. The molecule has 2 amide bonds. The summed E-state index contributed by atoms with van der Waals surface area (Å²) in [4.78, 5) is 40.9. The van der Waals surface area contributed by atoms with Crippen molar-refractivity contribution in [2.45, 2.75) is 77.2 Å². The lowest BCUT2D eigenvalue weighted by Crippen LogP contribution is -2.56. The van der Waals surface area contributed by atoms with Gasteiger partial charge in [0.15, 0.2) is 0 Å². The largest absolute Gasteiger partial charge is 0.444 e. The van der Waals surface area contributed by atoms with Gasteiger partial charge in [-0.1, -0.05) is 36.7 Å². The molecule has 4 atom stereocenters. The van der Waals surface area contributed by atoms with Gasteiger partial charge in [-0.25, -0.2) is 9.48 Å². The highest BCUT2D eigenvalue weighted by molar-refractivity contribution is 9.10. The highest BCUT2D eigenvalue weighted by Gasteiger charge is 2.39. The van der Waals surface area contributed by atoms with Gasteiger partial charge in [0.2, 0.25) is 5.91 Å². The van der Waals surface area contributed by atoms with Gasteiger partial charge in [-0.05, 0) is 60.7 Å². The van der Waals surface area contributed by atoms with E-state index in [0.717, 1.165) is 15.6 Å². The third-order valence-electron chi connectivity index (χ3n) is 5.80. The Morgan fingerprint density at radius 2 is 1.97 bits per heavy atom. The van der Waals surface area contributed by atoms with Crippen molar-refractivity contribution in [3.8, 4) is 0 Å². The minimum atomic E-state index is -0.607. The average Bonchev–Trinajstić information content (AvgIpc) is 2.72. The number of hydrogen-bond donors (Lipinski definition) is 0. The fourth-order valence-electron chi connectivity index (χ4n) is 4.30. The van der Waals surface area contributed by atoms with Crippen LogP contribution in [0.3, 0.4) is 0 Å². The number of piperidine rings is 1. The fourth-order valence-corrected chi connectivity index (χ4v) is 5.44. The first kappa shape index (κ1) is 28.0. The van der Waals surface area contributed by atoms with Crippen molar-refractivity contribution in [3.05, 3.63) is 38.7 Å². The summed E-state index contributed by atoms with van der Waals surface area (Å²) in [5.41, 5.74) is -0.154. The molecule has 192 valence electrons. The molecule has 1 aliphatic rings. The SMILES string of the molecule is CC(C)c1nn(CC(=O)N(P)C2CN(C(=O)OC(C)(C)C)CC(C)(P)C2)c(=O)c2ccc(Br)cc12. The maximum Gasteiger partial charge on any atom is 0.410 e. The van der Waals surface area contributed by atoms with E-state index >= 15 is 0 Å². The van der Waals surface area contributed by atoms with Gasteiger partial charge >= 0.3 is 6.09 Å². The van der Waals surface area contributed by atoms with Crippen LogP contribution in [0.5, 0.6) is 0 Å². The number of hydrogen-bond acceptors (Lipinski definition) is 5. The van der Waals surface area contributed by atoms with E-state index in [0.29, 0.717) is 24.9 Å². The van der Waals surface area contributed by atoms with E-state index in [2.05, 4.69) is 39.7 Å². The third-order valence-corrected chi connectivity index (χ3v) is 7.42. The van der Waals surface area contributed by atoms with E-state index in [1.165, 1.54) is 4.68 Å². The second kappa shape index (κ2) is 10.4. The lowest BCUT2D eigenvalue weighted by molar-refractivity contribution is -0.129. The summed E-state index contributed by atoms with van der Waals surface area (Å²) in [6, 6.07) is 5.21. The van der Waals surface area contributed by atoms with Crippen molar-refractivity contribution in [2.75, 3.05) is 13.1 Å². The van der Waals surface area contributed by atoms with Crippen LogP contribution >= 0.6 is 34.6 Å². The predicted molar refractivity (Wildman–Crippen MR) is 149 cm³/mol. The first-order valence-electron chi connectivity index (χ1n) is 11.6. The van der Waals surface area contributed by atoms with Crippen LogP contribution in [0.4, 0.5) is 4.79 Å². The molecule has 0 saturated carbocycles. The Hall–Kier alpha value is -1.56. The van der Waals surface area contributed by atoms with Gasteiger partial charge in [0.05, 0.1) is 17.1 Å². The summed E-state index contributed by atoms with van der Waals surface area (Å²) < 4.78 is 9.23. The number of carbonyl (C=O) groups is 2. The molecule has 0 spiro atoms. The molecule has 11 heteroatoms. The van der Waals surface area contributed by atoms with E-state index in [9.17, 15) is 14.4 Å². The third kappa shape index (κ3) is 6.81. The predicted octanol–water partition coefficient (Wildman–Crippen LogP) is 4.54. The second-order valence-electron chi connectivity index (χ2n) is 10.9. The van der Waals surface area contributed by atoms with Gasteiger partial charge in [0, 0.05) is 28.1 Å². The van der Waals surface area contributed by atoms with Gasteiger partial charge in [-0.15, -0.1) is 9.24 Å². The van der Waals surface area contributed by atoms with E-state index in [-0.39, 0.29) is 35.1 Å². The van der Waals surface area contributed by atoms with E-state index in [1.54, 1.807) is 15.6 Å². The second-order valence-corrected chi connectivity index (χ2v) is 13.7. The average molecular weight is 585 g/mol. The molecule has 2 aromatic rings. The number of fused-ring (bicyclic) bond motifs is 1. The van der Waals surface area contributed by atoms with Crippen molar-refractivity contribution in [3.63, 3.8) is 0 Å². The van der Waals surface area contributed by atoms with E-state index < -0.39 is 11.7 Å². The van der Waals surface area contributed by atoms with Crippen molar-refractivity contribution in [2.24, 2.45) is 0 Å². The van der Waals surface area contributed by atoms with Crippen LogP contribution in [0.15, 0.2) is 27.5 Å². The molecular weight excluding hydrogens is 550 g/mol. The van der Waals surface area contributed by atoms with Crippen LogP contribution in [-0.2, 0) is 16.1 Å². The van der Waals surface area contributed by atoms with Crippen molar-refractivity contribution >= 4 is 57.3 Å². The summed E-state index contributed by atoms with van der Waals surface area (Å²) in [6.45, 7) is 12.2. The number of likely N-dealkylation sites (tertiary alicyclic amines) is 1. The Kier molecular flexibility index (Phi) is 8.35. The minimum absolute atomic E-state index is 0.0689. The number of carbonyl (C=O) groups excluding carboxylic acids is 2. The zero-order valence-corrected chi connectivity index (χ0v) is 25.1. The van der Waals surface area contributed by atoms with Crippen LogP contribution in [-0.4, -0.2) is 61.2 Å². The number of nitrogens with zero attached hydrogens (tertiary/aromatic N) is 4. The lowest BCUT2D eigenvalue weighted by Gasteiger charge is -2.45. The summed E-state index contributed by atoms with van der Waals surface area (Å²) in [5, 5.41) is 5.58. The van der Waals surface area contributed by atoms with Crippen LogP contribution in [0.25, 0.3) is 10.8 Å². The van der Waals surface area contributed by atoms with Crippen molar-refractivity contribution in [1.82, 2.24) is 19.4 Å². The number of rotatable bonds is 4. The number of amides is 2. The molecular formula is C24H35BrN4O4P2. The number of aromatic nitrogens is 2. The normalized spacial score (nSPS) is 20.9. The number of halogens is 1. The highest BCUT2D eigenvalue weighted by atomic mass is 79.9. The molecule has 3 rings (SSSR count). The molecule has 4 unspecified atom stereocenters. The molecule has 0 N–H and O–H groups in total. The highest BCUT2D eigenvalue weighted by Crippen LogP contribution is 2.34. The molecule has 1 fully saturated rings. The fraction of sp³-hybridized carbons (Fsp3) is 0.583. The van der Waals surface area contributed by atoms with Crippen LogP contribution in [0, 0.1) is 0 Å². The van der Waals surface area contributed by atoms with E-state index in [1.807, 2.05) is 53.7 Å². The summed E-state index contributed by atoms with van der Waals surface area (Å²) in [6.07, 6.45) is 0.277. The Bertz CT molecular complexity index is 1190. The molecule has 0 radical (unpaired) electrons. The molecule has 1 aromatic heterocycles. The van der Waals surface area contributed by atoms with Crippen LogP contribution in [0.1, 0.15) is 59.6 Å². The number of benzene rings is 1. The van der Waals surface area contributed by atoms with Gasteiger partial charge in [-0.3, -0.25) is 9.59 Å². The molecule has 1 saturated heterocycles. The molecule has 0 aliphatic carbocycles. The van der Waals surface area contributed by atoms with Gasteiger partial charge in [-0.2, -0.15) is 5.10 Å². The molecule has 1 aromatic carbocycles. The minimum Gasteiger partial charge on any atom is -0.444 e. The Labute approximate surface area is 219 Å². The first-order chi connectivity index (χ1) is 16.1. The molecule has 8 nitrogen and oxygen atoms in total. The molecule has 35 heavy (non-hydrogen) atoms. The topological polar surface area (TPSA) is 84.7 Å². The molecule has 2 heterocycles. The zero-order chi connectivity index (χ0) is 26.3. The van der Waals surface area contributed by atoms with Crippen molar-refractivity contribution in [1.29, 1.82) is 0 Å². The summed E-state index contributed by atoms with van der Waals surface area (Å²) in [7, 11) is 5.28. The standard InChI is InChI=1S/C24H35BrN4O4P2/c1-14(2)20-18-9-15(25)7-8-17(18)21(31)28(26-20)12-19(30)29(35)16-10-24(6,34)13-27(11-16)22(32)33-23(3,4)5/h7-9,14,16H,10-13,34-35H2,1-6H3. The maximum atomic E-state index is 13.3. The Morgan fingerprint density at radius 3 is 2.57 bits per heavy atom. The zero-order valence-electron chi connectivity index (χ0n) is 21.2. The van der Waals surface area contributed by atoms with Gasteiger partial charge in [0.25, 0.3) is 5.56 Å². The quantitative estimate of drug-likeness (QED) is 0.492. The smallest absolute Gasteiger partial charge is 0.410 e. The summed E-state index contributed by atoms with van der Waals surface area (Å²) >= 11 is 3.46. The summed E-state index contributed by atoms with van der Waals surface area (Å²) in [5.74, 6) is -0.202. The first-order valence-corrected chi connectivity index (χ1v) is 13.5. The monoisotopic (exact) mass is 584 g/mol. The van der Waals surface area contributed by atoms with Crippen LogP contribution in [0.2, 0.25) is 0 Å². The maximum absolute atomic E-state index is 13.3. The molecule has 1 aliphatic heterocycles. The number of ether oxygens (including phenoxy) is 1. The van der Waals surface area contributed by atoms with Gasteiger partial charge in [0.1, 0.15) is 12.1 Å². The van der Waals surface area contributed by atoms with Crippen LogP contribution < -0.4 is 5.56 Å².